The van der Waals surface area contributed by atoms with Crippen molar-refractivity contribution >= 4 is 23.0 Å². The van der Waals surface area contributed by atoms with Crippen LogP contribution in [0.5, 0.6) is 0 Å². The van der Waals surface area contributed by atoms with Crippen LogP contribution in [0, 0.1) is 6.92 Å². The predicted molar refractivity (Wildman–Crippen MR) is 108 cm³/mol. The van der Waals surface area contributed by atoms with Crippen molar-refractivity contribution in [1.82, 2.24) is 0 Å². The summed E-state index contributed by atoms with van der Waals surface area (Å²) in [4.78, 5) is 16.7. The van der Waals surface area contributed by atoms with Crippen molar-refractivity contribution in [2.24, 2.45) is 0 Å². The molecule has 2 aromatic rings. The van der Waals surface area contributed by atoms with Gasteiger partial charge in [-0.3, -0.25) is 4.79 Å². The second-order valence-corrected chi connectivity index (χ2v) is 7.69. The summed E-state index contributed by atoms with van der Waals surface area (Å²) in [5.41, 5.74) is 5.82. The lowest BCUT2D eigenvalue weighted by Crippen LogP contribution is -2.51. The minimum Gasteiger partial charge on any atom is -0.378 e. The molecular weight excluding hydrogens is 322 g/mol. The monoisotopic (exact) mass is 349 g/mol. The number of nitrogens with zero attached hydrogens (tertiary/aromatic N) is 2. The van der Waals surface area contributed by atoms with E-state index in [0.29, 0.717) is 6.04 Å². The fraction of sp³-hybridized carbons (Fsp3) is 0.409. The Kier molecular flexibility index (Phi) is 4.14. The van der Waals surface area contributed by atoms with Crippen LogP contribution in [-0.2, 0) is 4.79 Å². The molecule has 26 heavy (non-hydrogen) atoms. The van der Waals surface area contributed by atoms with E-state index in [1.165, 1.54) is 29.7 Å². The Labute approximate surface area is 155 Å². The molecule has 2 atom stereocenters. The van der Waals surface area contributed by atoms with Gasteiger partial charge in [0.2, 0.25) is 5.91 Å². The topological polar surface area (TPSA) is 35.6 Å². The molecule has 1 fully saturated rings. The molecule has 1 amide bonds. The Morgan fingerprint density at radius 3 is 2.42 bits per heavy atom. The van der Waals surface area contributed by atoms with E-state index >= 15 is 0 Å². The molecule has 1 aliphatic heterocycles. The Morgan fingerprint density at radius 2 is 1.77 bits per heavy atom. The molecule has 4 nitrogen and oxygen atoms in total. The Bertz CT molecular complexity index is 826. The molecule has 1 unspecified atom stereocenters. The van der Waals surface area contributed by atoms with Crippen LogP contribution in [0.25, 0.3) is 0 Å². The van der Waals surface area contributed by atoms with Crippen molar-refractivity contribution in [2.45, 2.75) is 51.7 Å². The molecule has 0 saturated heterocycles. The third kappa shape index (κ3) is 2.94. The molecular formula is C22H27N3O. The maximum atomic E-state index is 12.6. The van der Waals surface area contributed by atoms with Gasteiger partial charge in [0.05, 0.1) is 11.4 Å². The average Bonchev–Trinajstić information content (AvgIpc) is 3.45. The highest BCUT2D eigenvalue weighted by molar-refractivity contribution is 6.05. The number of anilines is 3. The fourth-order valence-corrected chi connectivity index (χ4v) is 3.88. The van der Waals surface area contributed by atoms with Crippen LogP contribution in [0.15, 0.2) is 42.5 Å². The second kappa shape index (κ2) is 6.35. The first kappa shape index (κ1) is 17.0. The van der Waals surface area contributed by atoms with Crippen LogP contribution in [0.2, 0.25) is 0 Å². The van der Waals surface area contributed by atoms with Crippen molar-refractivity contribution in [3.8, 4) is 0 Å². The van der Waals surface area contributed by atoms with Crippen molar-refractivity contribution in [1.29, 1.82) is 0 Å². The molecule has 4 rings (SSSR count). The van der Waals surface area contributed by atoms with Gasteiger partial charge in [-0.05, 0) is 57.4 Å². The summed E-state index contributed by atoms with van der Waals surface area (Å²) < 4.78 is 0. The summed E-state index contributed by atoms with van der Waals surface area (Å²) in [5.74, 6) is 0.179. The van der Waals surface area contributed by atoms with Crippen molar-refractivity contribution in [2.75, 3.05) is 22.2 Å². The fourth-order valence-electron chi connectivity index (χ4n) is 3.88. The zero-order valence-corrected chi connectivity index (χ0v) is 16.0. The zero-order chi connectivity index (χ0) is 18.4. The van der Waals surface area contributed by atoms with Gasteiger partial charge in [0.25, 0.3) is 0 Å². The molecule has 1 saturated carbocycles. The zero-order valence-electron chi connectivity index (χ0n) is 16.0. The minimum atomic E-state index is -0.0928. The van der Waals surface area contributed by atoms with Crippen molar-refractivity contribution < 1.29 is 4.79 Å². The van der Waals surface area contributed by atoms with Gasteiger partial charge in [-0.15, -0.1) is 0 Å². The lowest BCUT2D eigenvalue weighted by atomic mass is 10.0. The highest BCUT2D eigenvalue weighted by atomic mass is 16.2. The van der Waals surface area contributed by atoms with E-state index in [1.54, 1.807) is 4.90 Å². The number of benzene rings is 2. The van der Waals surface area contributed by atoms with Crippen LogP contribution >= 0.6 is 0 Å². The van der Waals surface area contributed by atoms with E-state index in [1.807, 2.05) is 14.0 Å². The number of amides is 1. The Morgan fingerprint density at radius 1 is 1.08 bits per heavy atom. The van der Waals surface area contributed by atoms with E-state index in [9.17, 15) is 4.79 Å². The van der Waals surface area contributed by atoms with E-state index in [0.717, 1.165) is 11.4 Å². The van der Waals surface area contributed by atoms with E-state index < -0.39 is 0 Å². The van der Waals surface area contributed by atoms with Gasteiger partial charge in [-0.2, -0.15) is 0 Å². The van der Waals surface area contributed by atoms with Crippen LogP contribution in [0.1, 0.15) is 43.9 Å². The third-order valence-corrected chi connectivity index (χ3v) is 5.62. The van der Waals surface area contributed by atoms with E-state index in [2.05, 4.69) is 66.5 Å². The van der Waals surface area contributed by atoms with Crippen LogP contribution in [0.3, 0.4) is 0 Å². The lowest BCUT2D eigenvalue weighted by molar-refractivity contribution is -0.119. The Hall–Kier alpha value is -2.49. The maximum absolute atomic E-state index is 12.6. The number of hydrogen-bond acceptors (Lipinski definition) is 3. The number of fused-ring (bicyclic) bond motifs is 1. The van der Waals surface area contributed by atoms with Gasteiger partial charge in [0, 0.05) is 24.8 Å². The lowest BCUT2D eigenvalue weighted by Gasteiger charge is -2.41. The third-order valence-electron chi connectivity index (χ3n) is 5.62. The smallest absolute Gasteiger partial charge is 0.249 e. The molecule has 136 valence electrons. The minimum absolute atomic E-state index is 0.0928. The number of rotatable bonds is 4. The number of nitrogens with one attached hydrogen (secondary N) is 1. The maximum Gasteiger partial charge on any atom is 0.249 e. The summed E-state index contributed by atoms with van der Waals surface area (Å²) in [6.07, 6.45) is 2.36. The van der Waals surface area contributed by atoms with Crippen LogP contribution in [0.4, 0.5) is 17.1 Å². The number of carbonyl (C=O) groups excluding carboxylic acids is 1. The van der Waals surface area contributed by atoms with E-state index in [4.69, 9.17) is 0 Å². The molecule has 2 aliphatic rings. The van der Waals surface area contributed by atoms with Gasteiger partial charge in [0.15, 0.2) is 0 Å². The molecule has 1 N–H and O–H groups in total. The van der Waals surface area contributed by atoms with Crippen LogP contribution in [-0.4, -0.2) is 25.0 Å². The quantitative estimate of drug-likeness (QED) is 0.883. The number of aryl methyl sites for hydroxylation is 1. The molecule has 1 heterocycles. The highest BCUT2D eigenvalue weighted by Gasteiger charge is 2.41. The normalized spacial score (nSPS) is 20.8. The largest absolute Gasteiger partial charge is 0.378 e. The first-order valence-corrected chi connectivity index (χ1v) is 9.49. The molecule has 0 bridgehead atoms. The highest BCUT2D eigenvalue weighted by Crippen LogP contribution is 2.43. The molecule has 1 aliphatic carbocycles. The summed E-state index contributed by atoms with van der Waals surface area (Å²) in [5, 5.41) is 3.62. The first-order chi connectivity index (χ1) is 12.5. The summed E-state index contributed by atoms with van der Waals surface area (Å²) in [7, 11) is 1.88. The summed E-state index contributed by atoms with van der Waals surface area (Å²) >= 11 is 0. The second-order valence-electron chi connectivity index (χ2n) is 7.69. The molecule has 0 spiro atoms. The standard InChI is InChI=1S/C22H27N3O/c1-14-5-7-17(8-6-14)15(2)23-18-9-12-20-21(13-18)25(19-10-11-19)16(3)22(26)24(20)4/h5-9,12-13,15-16,19,23H,10-11H2,1-4H3/t15-,16?/m0/s1. The predicted octanol–water partition coefficient (Wildman–Crippen LogP) is 4.50. The van der Waals surface area contributed by atoms with Crippen LogP contribution < -0.4 is 15.1 Å². The average molecular weight is 349 g/mol. The van der Waals surface area contributed by atoms with Gasteiger partial charge in [0.1, 0.15) is 6.04 Å². The van der Waals surface area contributed by atoms with Crippen molar-refractivity contribution in [3.63, 3.8) is 0 Å². The molecule has 0 aromatic heterocycles. The van der Waals surface area contributed by atoms with Gasteiger partial charge >= 0.3 is 0 Å². The molecule has 0 radical (unpaired) electrons. The number of hydrogen-bond donors (Lipinski definition) is 1. The number of carbonyl (C=O) groups is 1. The molecule has 4 heteroatoms. The van der Waals surface area contributed by atoms with Gasteiger partial charge in [-0.25, -0.2) is 0 Å². The molecule has 2 aromatic carbocycles. The first-order valence-electron chi connectivity index (χ1n) is 9.49. The summed E-state index contributed by atoms with van der Waals surface area (Å²) in [6, 6.07) is 15.6. The van der Waals surface area contributed by atoms with Gasteiger partial charge < -0.3 is 15.1 Å². The van der Waals surface area contributed by atoms with E-state index in [-0.39, 0.29) is 18.0 Å². The summed E-state index contributed by atoms with van der Waals surface area (Å²) in [6.45, 7) is 6.31. The van der Waals surface area contributed by atoms with Gasteiger partial charge in [-0.1, -0.05) is 29.8 Å². The van der Waals surface area contributed by atoms with Crippen molar-refractivity contribution in [3.05, 3.63) is 53.6 Å². The number of likely N-dealkylation sites (N-methyl/N-ethyl adjacent to an activating group) is 1. The Balaban J connectivity index is 1.63. The SMILES string of the molecule is Cc1ccc([C@H](C)Nc2ccc3c(c2)N(C2CC2)C(C)C(=O)N3C)cc1.